The minimum atomic E-state index is 0.727. The summed E-state index contributed by atoms with van der Waals surface area (Å²) in [5, 5.41) is 7.55. The van der Waals surface area contributed by atoms with Crippen molar-refractivity contribution in [1.29, 1.82) is 0 Å². The highest BCUT2D eigenvalue weighted by atomic mass is 15.3. The van der Waals surface area contributed by atoms with Crippen LogP contribution in [0.25, 0.3) is 0 Å². The molecule has 0 aliphatic heterocycles. The van der Waals surface area contributed by atoms with Crippen molar-refractivity contribution in [2.45, 2.75) is 19.8 Å². The number of nitrogen functional groups attached to an aromatic ring is 1. The van der Waals surface area contributed by atoms with E-state index in [1.165, 1.54) is 0 Å². The zero-order valence-corrected chi connectivity index (χ0v) is 10.2. The van der Waals surface area contributed by atoms with Crippen molar-refractivity contribution in [2.24, 2.45) is 7.05 Å². The predicted octanol–water partition coefficient (Wildman–Crippen LogP) is 1.08. The first-order valence-corrected chi connectivity index (χ1v) is 5.69. The van der Waals surface area contributed by atoms with E-state index in [-0.39, 0.29) is 0 Å². The number of nitrogens with two attached hydrogens (primary N) is 1. The van der Waals surface area contributed by atoms with E-state index in [1.807, 2.05) is 20.2 Å². The summed E-state index contributed by atoms with van der Waals surface area (Å²) in [5.74, 6) is 1.91. The first-order valence-electron chi connectivity index (χ1n) is 5.69. The van der Waals surface area contributed by atoms with Crippen LogP contribution in [-0.2, 0) is 13.5 Å². The highest BCUT2D eigenvalue weighted by Crippen LogP contribution is 2.20. The monoisotopic (exact) mass is 234 g/mol. The Morgan fingerprint density at radius 3 is 2.94 bits per heavy atom. The molecule has 0 saturated heterocycles. The standard InChI is InChI=1S/C11H18N6/c1-8-10(12)11(17(2)16-8)15-5-3-4-9-13-6-7-14-9/h6-7,15H,3-5,12H2,1-2H3,(H,13,14). The van der Waals surface area contributed by atoms with E-state index >= 15 is 0 Å². The Morgan fingerprint density at radius 1 is 1.53 bits per heavy atom. The number of aryl methyl sites for hydroxylation is 3. The largest absolute Gasteiger partial charge is 0.394 e. The molecule has 0 aliphatic carbocycles. The number of H-pyrrole nitrogens is 1. The maximum Gasteiger partial charge on any atom is 0.147 e. The average molecular weight is 234 g/mol. The highest BCUT2D eigenvalue weighted by molar-refractivity contribution is 5.64. The lowest BCUT2D eigenvalue weighted by atomic mass is 10.3. The van der Waals surface area contributed by atoms with E-state index in [2.05, 4.69) is 20.4 Å². The van der Waals surface area contributed by atoms with Crippen LogP contribution in [0.3, 0.4) is 0 Å². The Balaban J connectivity index is 1.82. The van der Waals surface area contributed by atoms with E-state index in [4.69, 9.17) is 5.73 Å². The Bertz CT molecular complexity index is 470. The van der Waals surface area contributed by atoms with E-state index in [0.717, 1.165) is 42.4 Å². The smallest absolute Gasteiger partial charge is 0.147 e. The average Bonchev–Trinajstić information content (AvgIpc) is 2.87. The van der Waals surface area contributed by atoms with E-state index < -0.39 is 0 Å². The molecule has 6 nitrogen and oxygen atoms in total. The Hall–Kier alpha value is -1.98. The molecule has 0 spiro atoms. The van der Waals surface area contributed by atoms with E-state index in [0.29, 0.717) is 0 Å². The summed E-state index contributed by atoms with van der Waals surface area (Å²) in [4.78, 5) is 7.26. The molecule has 4 N–H and O–H groups in total. The Morgan fingerprint density at radius 2 is 2.35 bits per heavy atom. The van der Waals surface area contributed by atoms with Crippen LogP contribution in [0.2, 0.25) is 0 Å². The fourth-order valence-corrected chi connectivity index (χ4v) is 1.78. The molecule has 0 atom stereocenters. The molecule has 2 aromatic heterocycles. The van der Waals surface area contributed by atoms with Crippen LogP contribution in [0.5, 0.6) is 0 Å². The quantitative estimate of drug-likeness (QED) is 0.676. The molecule has 6 heteroatoms. The van der Waals surface area contributed by atoms with Gasteiger partial charge in [-0.3, -0.25) is 4.68 Å². The lowest BCUT2D eigenvalue weighted by Crippen LogP contribution is -2.09. The second kappa shape index (κ2) is 4.90. The second-order valence-electron chi connectivity index (χ2n) is 4.04. The zero-order chi connectivity index (χ0) is 12.3. The summed E-state index contributed by atoms with van der Waals surface area (Å²) in [5.41, 5.74) is 7.51. The molecule has 2 aromatic rings. The van der Waals surface area contributed by atoms with Crippen LogP contribution in [-0.4, -0.2) is 26.3 Å². The van der Waals surface area contributed by atoms with Crippen LogP contribution in [0.4, 0.5) is 11.5 Å². The first kappa shape index (κ1) is 11.5. The van der Waals surface area contributed by atoms with Crippen LogP contribution in [0, 0.1) is 6.92 Å². The fourth-order valence-electron chi connectivity index (χ4n) is 1.78. The molecule has 2 rings (SSSR count). The van der Waals surface area contributed by atoms with Gasteiger partial charge in [-0.05, 0) is 13.3 Å². The molecular formula is C11H18N6. The molecule has 0 amide bonds. The van der Waals surface area contributed by atoms with Gasteiger partial charge >= 0.3 is 0 Å². The van der Waals surface area contributed by atoms with Crippen molar-refractivity contribution in [3.8, 4) is 0 Å². The van der Waals surface area contributed by atoms with Gasteiger partial charge in [-0.1, -0.05) is 0 Å². The number of nitrogens with zero attached hydrogens (tertiary/aromatic N) is 3. The third-order valence-electron chi connectivity index (χ3n) is 2.71. The number of anilines is 2. The maximum atomic E-state index is 5.92. The molecule has 0 bridgehead atoms. The third kappa shape index (κ3) is 2.58. The Labute approximate surface area is 100 Å². The number of nitrogens with one attached hydrogen (secondary N) is 2. The number of hydrogen-bond donors (Lipinski definition) is 3. The normalized spacial score (nSPS) is 10.7. The van der Waals surface area contributed by atoms with Crippen LogP contribution >= 0.6 is 0 Å². The van der Waals surface area contributed by atoms with Gasteiger partial charge in [0, 0.05) is 32.4 Å². The molecular weight excluding hydrogens is 216 g/mol. The van der Waals surface area contributed by atoms with Gasteiger partial charge in [-0.2, -0.15) is 5.10 Å². The molecule has 0 aromatic carbocycles. The predicted molar refractivity (Wildman–Crippen MR) is 67.8 cm³/mol. The molecule has 0 radical (unpaired) electrons. The Kier molecular flexibility index (Phi) is 3.32. The van der Waals surface area contributed by atoms with Crippen LogP contribution < -0.4 is 11.1 Å². The minimum Gasteiger partial charge on any atom is -0.394 e. The van der Waals surface area contributed by atoms with Gasteiger partial charge in [-0.25, -0.2) is 4.98 Å². The van der Waals surface area contributed by atoms with Crippen molar-refractivity contribution in [3.05, 3.63) is 23.9 Å². The lowest BCUT2D eigenvalue weighted by Gasteiger charge is -2.06. The number of rotatable bonds is 5. The number of imidazole rings is 1. The molecule has 2 heterocycles. The zero-order valence-electron chi connectivity index (χ0n) is 10.2. The van der Waals surface area contributed by atoms with Crippen LogP contribution in [0.1, 0.15) is 17.9 Å². The SMILES string of the molecule is Cc1nn(C)c(NCCCc2ncc[nH]2)c1N. The molecule has 92 valence electrons. The third-order valence-corrected chi connectivity index (χ3v) is 2.71. The maximum absolute atomic E-state index is 5.92. The fraction of sp³-hybridized carbons (Fsp3) is 0.455. The lowest BCUT2D eigenvalue weighted by molar-refractivity contribution is 0.747. The summed E-state index contributed by atoms with van der Waals surface area (Å²) in [7, 11) is 1.89. The van der Waals surface area contributed by atoms with E-state index in [9.17, 15) is 0 Å². The van der Waals surface area contributed by atoms with Crippen molar-refractivity contribution >= 4 is 11.5 Å². The molecule has 0 fully saturated rings. The summed E-state index contributed by atoms with van der Waals surface area (Å²) in [6, 6.07) is 0. The van der Waals surface area contributed by atoms with Crippen LogP contribution in [0.15, 0.2) is 12.4 Å². The van der Waals surface area contributed by atoms with Gasteiger partial charge in [0.25, 0.3) is 0 Å². The van der Waals surface area contributed by atoms with Gasteiger partial charge < -0.3 is 16.0 Å². The summed E-state index contributed by atoms with van der Waals surface area (Å²) < 4.78 is 1.78. The topological polar surface area (TPSA) is 84.5 Å². The number of aromatic amines is 1. The molecule has 0 aliphatic rings. The van der Waals surface area contributed by atoms with Crippen molar-refractivity contribution in [1.82, 2.24) is 19.7 Å². The summed E-state index contributed by atoms with van der Waals surface area (Å²) in [6.45, 7) is 2.76. The van der Waals surface area contributed by atoms with Crippen molar-refractivity contribution in [3.63, 3.8) is 0 Å². The second-order valence-corrected chi connectivity index (χ2v) is 4.04. The number of aromatic nitrogens is 4. The molecule has 17 heavy (non-hydrogen) atoms. The number of hydrogen-bond acceptors (Lipinski definition) is 4. The van der Waals surface area contributed by atoms with Crippen molar-refractivity contribution < 1.29 is 0 Å². The highest BCUT2D eigenvalue weighted by Gasteiger charge is 2.08. The van der Waals surface area contributed by atoms with Gasteiger partial charge in [0.15, 0.2) is 0 Å². The minimum absolute atomic E-state index is 0.727. The first-order chi connectivity index (χ1) is 8.18. The van der Waals surface area contributed by atoms with Gasteiger partial charge in [0.05, 0.1) is 11.4 Å². The van der Waals surface area contributed by atoms with Gasteiger partial charge in [0.2, 0.25) is 0 Å². The molecule has 0 saturated carbocycles. The van der Waals surface area contributed by atoms with Crippen molar-refractivity contribution in [2.75, 3.05) is 17.6 Å². The summed E-state index contributed by atoms with van der Waals surface area (Å²) >= 11 is 0. The summed E-state index contributed by atoms with van der Waals surface area (Å²) in [6.07, 6.45) is 5.53. The van der Waals surface area contributed by atoms with Gasteiger partial charge in [0.1, 0.15) is 11.6 Å². The van der Waals surface area contributed by atoms with E-state index in [1.54, 1.807) is 10.9 Å². The molecule has 0 unspecified atom stereocenters. The van der Waals surface area contributed by atoms with Gasteiger partial charge in [-0.15, -0.1) is 0 Å².